The number of halogens is 4. The highest BCUT2D eigenvalue weighted by atomic mass is 19.4. The summed E-state index contributed by atoms with van der Waals surface area (Å²) in [6.07, 6.45) is -0.940. The molecule has 0 aliphatic carbocycles. The van der Waals surface area contributed by atoms with Crippen molar-refractivity contribution >= 4 is 5.95 Å². The maximum Gasteiger partial charge on any atom is 0.419 e. The van der Waals surface area contributed by atoms with Crippen LogP contribution in [0.25, 0.3) is 0 Å². The maximum atomic E-state index is 14.6. The third-order valence-electron chi connectivity index (χ3n) is 5.00. The van der Waals surface area contributed by atoms with E-state index in [1.165, 1.54) is 6.08 Å². The molecule has 29 heavy (non-hydrogen) atoms. The summed E-state index contributed by atoms with van der Waals surface area (Å²) in [6, 6.07) is 0. The second kappa shape index (κ2) is 7.73. The van der Waals surface area contributed by atoms with E-state index >= 15 is 0 Å². The van der Waals surface area contributed by atoms with Crippen molar-refractivity contribution in [2.45, 2.75) is 19.5 Å². The molecule has 1 fully saturated rings. The minimum Gasteiger partial charge on any atom is -0.385 e. The lowest BCUT2D eigenvalue weighted by Crippen LogP contribution is -2.35. The fourth-order valence-electron chi connectivity index (χ4n) is 3.39. The van der Waals surface area contributed by atoms with Crippen molar-refractivity contribution in [3.8, 4) is 0 Å². The van der Waals surface area contributed by atoms with Gasteiger partial charge in [-0.2, -0.15) is 13.2 Å². The fraction of sp³-hybridized carbons (Fsp3) is 0.300. The summed E-state index contributed by atoms with van der Waals surface area (Å²) in [6.45, 7) is 10.3. The van der Waals surface area contributed by atoms with Gasteiger partial charge in [0, 0.05) is 36.6 Å². The quantitative estimate of drug-likeness (QED) is 0.747. The Balaban J connectivity index is 1.95. The van der Waals surface area contributed by atoms with E-state index < -0.39 is 11.7 Å². The summed E-state index contributed by atoms with van der Waals surface area (Å²) >= 11 is 0. The Morgan fingerprint density at radius 3 is 2.55 bits per heavy atom. The summed E-state index contributed by atoms with van der Waals surface area (Å²) in [5, 5.41) is 2.77. The van der Waals surface area contributed by atoms with Crippen LogP contribution in [0.3, 0.4) is 0 Å². The van der Waals surface area contributed by atoms with Crippen LogP contribution < -0.4 is 16.0 Å². The number of hydrogen-bond donors (Lipinski definition) is 2. The molecule has 0 spiro atoms. The molecule has 0 unspecified atom stereocenters. The second-order valence-corrected chi connectivity index (χ2v) is 6.81. The van der Waals surface area contributed by atoms with E-state index in [0.29, 0.717) is 42.1 Å². The molecule has 2 aliphatic heterocycles. The molecule has 0 bridgehead atoms. The smallest absolute Gasteiger partial charge is 0.385 e. The van der Waals surface area contributed by atoms with E-state index in [2.05, 4.69) is 28.4 Å². The SMILES string of the molecule is C=CC1=C(N)NCC(F)=C1/C(C)=C1\CN(c2ncc(C(F)(F)F)cn2)CCC1=C. The van der Waals surface area contributed by atoms with Crippen LogP contribution in [0.2, 0.25) is 0 Å². The van der Waals surface area contributed by atoms with Crippen LogP contribution in [-0.2, 0) is 6.18 Å². The first-order chi connectivity index (χ1) is 13.6. The van der Waals surface area contributed by atoms with Crippen molar-refractivity contribution in [1.29, 1.82) is 0 Å². The number of nitrogens with zero attached hydrogens (tertiary/aromatic N) is 3. The zero-order chi connectivity index (χ0) is 21.3. The van der Waals surface area contributed by atoms with Crippen LogP contribution in [0, 0.1) is 0 Å². The minimum absolute atomic E-state index is 0.0265. The van der Waals surface area contributed by atoms with Crippen LogP contribution in [0.1, 0.15) is 18.9 Å². The van der Waals surface area contributed by atoms with E-state index in [1.54, 1.807) is 11.8 Å². The molecule has 0 atom stereocenters. The molecule has 3 N–H and O–H groups in total. The number of anilines is 1. The molecule has 1 saturated heterocycles. The van der Waals surface area contributed by atoms with E-state index in [1.807, 2.05) is 0 Å². The summed E-state index contributed by atoms with van der Waals surface area (Å²) < 4.78 is 52.9. The van der Waals surface area contributed by atoms with Crippen molar-refractivity contribution in [2.24, 2.45) is 5.73 Å². The highest BCUT2D eigenvalue weighted by Crippen LogP contribution is 2.35. The first kappa shape index (κ1) is 20.6. The molecule has 154 valence electrons. The average molecular weight is 407 g/mol. The monoisotopic (exact) mass is 407 g/mol. The summed E-state index contributed by atoms with van der Waals surface area (Å²) in [5.41, 5.74) is 8.12. The summed E-state index contributed by atoms with van der Waals surface area (Å²) in [5.74, 6) is 0.144. The van der Waals surface area contributed by atoms with Gasteiger partial charge in [-0.15, -0.1) is 0 Å². The normalized spacial score (nSPS) is 20.0. The molecule has 0 radical (unpaired) electrons. The van der Waals surface area contributed by atoms with E-state index in [9.17, 15) is 17.6 Å². The van der Waals surface area contributed by atoms with Crippen LogP contribution >= 0.6 is 0 Å². The number of rotatable bonds is 3. The van der Waals surface area contributed by atoms with Crippen molar-refractivity contribution < 1.29 is 17.6 Å². The van der Waals surface area contributed by atoms with Crippen LogP contribution in [0.15, 0.2) is 71.1 Å². The Labute approximate surface area is 166 Å². The Kier molecular flexibility index (Phi) is 5.50. The number of aromatic nitrogens is 2. The van der Waals surface area contributed by atoms with Gasteiger partial charge >= 0.3 is 6.18 Å². The third kappa shape index (κ3) is 4.03. The van der Waals surface area contributed by atoms with Gasteiger partial charge in [-0.05, 0) is 30.1 Å². The van der Waals surface area contributed by atoms with Crippen LogP contribution in [0.5, 0.6) is 0 Å². The highest BCUT2D eigenvalue weighted by molar-refractivity contribution is 5.60. The first-order valence-corrected chi connectivity index (χ1v) is 8.91. The average Bonchev–Trinajstić information content (AvgIpc) is 2.68. The predicted octanol–water partition coefficient (Wildman–Crippen LogP) is 3.76. The largest absolute Gasteiger partial charge is 0.419 e. The number of piperidine rings is 1. The highest BCUT2D eigenvalue weighted by Gasteiger charge is 2.32. The molecule has 0 saturated carbocycles. The molecular weight excluding hydrogens is 386 g/mol. The van der Waals surface area contributed by atoms with Gasteiger partial charge in [0.25, 0.3) is 0 Å². The molecule has 0 aromatic carbocycles. The topological polar surface area (TPSA) is 67.1 Å². The standard InChI is InChI=1S/C20H21F4N5/c1-4-14-17(16(21)9-26-18(14)25)12(3)15-10-29(6-5-11(15)2)19-27-7-13(8-28-19)20(22,23)24/h4,7-8,26H,1-2,5-6,9-10,25H2,3H3/b15-12+. The molecular formula is C20H21F4N5. The Morgan fingerprint density at radius 2 is 1.97 bits per heavy atom. The molecule has 3 heterocycles. The minimum atomic E-state index is -4.50. The van der Waals surface area contributed by atoms with Gasteiger partial charge in [-0.3, -0.25) is 0 Å². The van der Waals surface area contributed by atoms with Crippen molar-refractivity contribution in [1.82, 2.24) is 15.3 Å². The molecule has 5 nitrogen and oxygen atoms in total. The van der Waals surface area contributed by atoms with Gasteiger partial charge in [0.1, 0.15) is 11.6 Å². The van der Waals surface area contributed by atoms with Crippen molar-refractivity contribution in [2.75, 3.05) is 24.5 Å². The lowest BCUT2D eigenvalue weighted by Gasteiger charge is -2.32. The zero-order valence-electron chi connectivity index (χ0n) is 15.9. The number of nitrogens with one attached hydrogen (secondary N) is 1. The Hall–Kier alpha value is -3.10. The predicted molar refractivity (Wildman–Crippen MR) is 103 cm³/mol. The first-order valence-electron chi connectivity index (χ1n) is 8.91. The van der Waals surface area contributed by atoms with Crippen molar-refractivity contribution in [3.05, 3.63) is 76.7 Å². The Morgan fingerprint density at radius 1 is 1.31 bits per heavy atom. The number of allylic oxidation sites excluding steroid dienone is 4. The van der Waals surface area contributed by atoms with Crippen molar-refractivity contribution in [3.63, 3.8) is 0 Å². The Bertz CT molecular complexity index is 939. The van der Waals surface area contributed by atoms with Gasteiger partial charge in [0.05, 0.1) is 12.1 Å². The van der Waals surface area contributed by atoms with Crippen LogP contribution in [-0.4, -0.2) is 29.6 Å². The molecule has 1 aromatic heterocycles. The lowest BCUT2D eigenvalue weighted by atomic mass is 9.87. The van der Waals surface area contributed by atoms with E-state index in [-0.39, 0.29) is 18.3 Å². The van der Waals surface area contributed by atoms with Gasteiger partial charge in [-0.1, -0.05) is 19.2 Å². The van der Waals surface area contributed by atoms with Gasteiger partial charge in [0.15, 0.2) is 0 Å². The molecule has 1 aromatic rings. The molecule has 0 amide bonds. The third-order valence-corrected chi connectivity index (χ3v) is 5.00. The zero-order valence-corrected chi connectivity index (χ0v) is 15.9. The number of hydrogen-bond acceptors (Lipinski definition) is 5. The van der Waals surface area contributed by atoms with E-state index in [0.717, 1.165) is 23.5 Å². The lowest BCUT2D eigenvalue weighted by molar-refractivity contribution is -0.138. The summed E-state index contributed by atoms with van der Waals surface area (Å²) in [4.78, 5) is 9.46. The second-order valence-electron chi connectivity index (χ2n) is 6.81. The van der Waals surface area contributed by atoms with Gasteiger partial charge in [0.2, 0.25) is 5.95 Å². The summed E-state index contributed by atoms with van der Waals surface area (Å²) in [7, 11) is 0. The molecule has 2 aliphatic rings. The van der Waals surface area contributed by atoms with Gasteiger partial charge in [-0.25, -0.2) is 14.4 Å². The molecule has 3 rings (SSSR count). The fourth-order valence-corrected chi connectivity index (χ4v) is 3.39. The maximum absolute atomic E-state index is 14.6. The molecule has 9 heteroatoms. The number of alkyl halides is 3. The number of dihydropyridines is 1. The van der Waals surface area contributed by atoms with E-state index in [4.69, 9.17) is 5.73 Å². The van der Waals surface area contributed by atoms with Gasteiger partial charge < -0.3 is 16.0 Å². The number of nitrogens with two attached hydrogens (primary N) is 1. The van der Waals surface area contributed by atoms with Crippen LogP contribution in [0.4, 0.5) is 23.5 Å².